The molecular weight excluding hydrogens is 362 g/mol. The second-order valence-electron chi connectivity index (χ2n) is 6.44. The third-order valence-electron chi connectivity index (χ3n) is 4.55. The number of benzene rings is 1. The number of rotatable bonds is 5. The highest BCUT2D eigenvalue weighted by atomic mass is 32.1. The maximum Gasteiger partial charge on any atom is 0.338 e. The van der Waals surface area contributed by atoms with Crippen LogP contribution in [0.4, 0.5) is 10.7 Å². The molecule has 0 radical (unpaired) electrons. The summed E-state index contributed by atoms with van der Waals surface area (Å²) >= 11 is 1.45. The molecule has 1 aromatic carbocycles. The molecule has 0 aliphatic heterocycles. The van der Waals surface area contributed by atoms with Gasteiger partial charge >= 0.3 is 5.97 Å². The fourth-order valence-electron chi connectivity index (χ4n) is 3.15. The van der Waals surface area contributed by atoms with Gasteiger partial charge in [0.1, 0.15) is 11.1 Å². The number of aryl methyl sites for hydroxylation is 1. The molecule has 1 aliphatic rings. The van der Waals surface area contributed by atoms with Gasteiger partial charge in [-0.1, -0.05) is 13.0 Å². The van der Waals surface area contributed by atoms with Gasteiger partial charge in [0, 0.05) is 10.6 Å². The molecule has 0 fully saturated rings. The van der Waals surface area contributed by atoms with Gasteiger partial charge in [0.15, 0.2) is 6.10 Å². The first-order valence-electron chi connectivity index (χ1n) is 8.95. The Morgan fingerprint density at radius 1 is 1.37 bits per heavy atom. The molecule has 2 aromatic rings. The van der Waals surface area contributed by atoms with Gasteiger partial charge in [-0.3, -0.25) is 4.79 Å². The topological polar surface area (TPSA) is 105 Å². The molecule has 0 saturated heterocycles. The molecule has 1 unspecified atom stereocenters. The van der Waals surface area contributed by atoms with Crippen molar-refractivity contribution in [3.05, 3.63) is 45.8 Å². The number of carbonyl (C=O) groups is 2. The lowest BCUT2D eigenvalue weighted by molar-refractivity contribution is -0.124. The Morgan fingerprint density at radius 2 is 2.15 bits per heavy atom. The zero-order chi connectivity index (χ0) is 19.4. The van der Waals surface area contributed by atoms with Crippen LogP contribution < -0.4 is 11.1 Å². The first-order valence-corrected chi connectivity index (χ1v) is 9.77. The maximum absolute atomic E-state index is 12.6. The van der Waals surface area contributed by atoms with Crippen molar-refractivity contribution in [2.45, 2.75) is 45.1 Å². The van der Waals surface area contributed by atoms with Crippen LogP contribution in [-0.4, -0.2) is 18.0 Å². The van der Waals surface area contributed by atoms with Crippen LogP contribution >= 0.6 is 11.3 Å². The number of nitrogens with one attached hydrogen (secondary N) is 1. The van der Waals surface area contributed by atoms with E-state index in [4.69, 9.17) is 10.5 Å². The predicted molar refractivity (Wildman–Crippen MR) is 105 cm³/mol. The maximum atomic E-state index is 12.6. The lowest BCUT2D eigenvalue weighted by Gasteiger charge is -2.16. The monoisotopic (exact) mass is 383 g/mol. The average molecular weight is 383 g/mol. The van der Waals surface area contributed by atoms with Gasteiger partial charge in [0.05, 0.1) is 11.1 Å². The Bertz CT molecular complexity index is 914. The number of nitriles is 1. The van der Waals surface area contributed by atoms with Crippen LogP contribution in [0.1, 0.15) is 52.5 Å². The zero-order valence-electron chi connectivity index (χ0n) is 15.1. The van der Waals surface area contributed by atoms with E-state index in [9.17, 15) is 14.9 Å². The summed E-state index contributed by atoms with van der Waals surface area (Å²) in [5.41, 5.74) is 8.02. The molecule has 1 aliphatic carbocycles. The number of nitrogens with two attached hydrogens (primary N) is 1. The Labute approximate surface area is 161 Å². The summed E-state index contributed by atoms with van der Waals surface area (Å²) in [5, 5.41) is 12.8. The molecule has 140 valence electrons. The van der Waals surface area contributed by atoms with Crippen LogP contribution in [0.2, 0.25) is 0 Å². The number of amides is 1. The number of hydrogen-bond acceptors (Lipinski definition) is 6. The predicted octanol–water partition coefficient (Wildman–Crippen LogP) is 3.65. The average Bonchev–Trinajstić information content (AvgIpc) is 3.02. The minimum atomic E-state index is -0.940. The van der Waals surface area contributed by atoms with E-state index in [1.165, 1.54) is 17.4 Å². The van der Waals surface area contributed by atoms with Crippen molar-refractivity contribution in [3.8, 4) is 6.07 Å². The van der Waals surface area contributed by atoms with E-state index in [1.807, 2.05) is 0 Å². The van der Waals surface area contributed by atoms with Gasteiger partial charge in [0.2, 0.25) is 0 Å². The number of ether oxygens (including phenoxy) is 1. The van der Waals surface area contributed by atoms with Crippen molar-refractivity contribution in [2.75, 3.05) is 11.1 Å². The molecule has 6 nitrogen and oxygen atoms in total. The van der Waals surface area contributed by atoms with Crippen LogP contribution in [-0.2, 0) is 22.4 Å². The van der Waals surface area contributed by atoms with Crippen molar-refractivity contribution in [3.63, 3.8) is 0 Å². The number of hydrogen-bond donors (Lipinski definition) is 2. The van der Waals surface area contributed by atoms with Crippen LogP contribution in [0.25, 0.3) is 0 Å². The van der Waals surface area contributed by atoms with E-state index in [1.54, 1.807) is 25.1 Å². The van der Waals surface area contributed by atoms with Gasteiger partial charge in [0.25, 0.3) is 5.91 Å². The number of esters is 1. The summed E-state index contributed by atoms with van der Waals surface area (Å²) in [6.45, 7) is 1.77. The molecule has 7 heteroatoms. The first kappa shape index (κ1) is 18.9. The molecule has 1 amide bonds. The molecule has 0 bridgehead atoms. The van der Waals surface area contributed by atoms with Crippen LogP contribution in [0, 0.1) is 11.3 Å². The Morgan fingerprint density at radius 3 is 2.85 bits per heavy atom. The number of thiophene rings is 1. The van der Waals surface area contributed by atoms with E-state index in [0.717, 1.165) is 36.1 Å². The second kappa shape index (κ2) is 8.23. The standard InChI is InChI=1S/C20H21N3O3S/c1-2-16(26-20(25)12-6-5-7-13(22)10-12)18(24)23-19-15(11-21)14-8-3-4-9-17(14)27-19/h5-7,10,16H,2-4,8-9,22H2,1H3,(H,23,24). The fourth-order valence-corrected chi connectivity index (χ4v) is 4.39. The summed E-state index contributed by atoms with van der Waals surface area (Å²) < 4.78 is 5.37. The molecule has 1 heterocycles. The minimum Gasteiger partial charge on any atom is -0.449 e. The first-order chi connectivity index (χ1) is 13.0. The summed E-state index contributed by atoms with van der Waals surface area (Å²) in [7, 11) is 0. The summed E-state index contributed by atoms with van der Waals surface area (Å²) in [6.07, 6.45) is 3.35. The van der Waals surface area contributed by atoms with Gasteiger partial charge in [-0.15, -0.1) is 11.3 Å². The molecule has 0 saturated carbocycles. The van der Waals surface area contributed by atoms with Crippen LogP contribution in [0.3, 0.4) is 0 Å². The smallest absolute Gasteiger partial charge is 0.338 e. The Balaban J connectivity index is 1.73. The summed E-state index contributed by atoms with van der Waals surface area (Å²) in [4.78, 5) is 26.1. The second-order valence-corrected chi connectivity index (χ2v) is 7.55. The van der Waals surface area contributed by atoms with Gasteiger partial charge in [-0.2, -0.15) is 5.26 Å². The van der Waals surface area contributed by atoms with E-state index in [2.05, 4.69) is 11.4 Å². The number of carbonyl (C=O) groups excluding carboxylic acids is 2. The molecular formula is C20H21N3O3S. The van der Waals surface area contributed by atoms with Crippen molar-refractivity contribution in [1.29, 1.82) is 5.26 Å². The number of anilines is 2. The van der Waals surface area contributed by atoms with Crippen LogP contribution in [0.15, 0.2) is 24.3 Å². The van der Waals surface area contributed by atoms with E-state index < -0.39 is 18.0 Å². The molecule has 3 rings (SSSR count). The third kappa shape index (κ3) is 4.12. The van der Waals surface area contributed by atoms with Crippen LogP contribution in [0.5, 0.6) is 0 Å². The summed E-state index contributed by atoms with van der Waals surface area (Å²) in [6, 6.07) is 8.63. The van der Waals surface area contributed by atoms with Crippen molar-refractivity contribution >= 4 is 33.9 Å². The molecule has 1 aromatic heterocycles. The Hall–Kier alpha value is -2.85. The van der Waals surface area contributed by atoms with Crippen molar-refractivity contribution < 1.29 is 14.3 Å². The number of nitrogen functional groups attached to an aromatic ring is 1. The van der Waals surface area contributed by atoms with Crippen molar-refractivity contribution in [2.24, 2.45) is 0 Å². The quantitative estimate of drug-likeness (QED) is 0.605. The molecule has 0 spiro atoms. The molecule has 1 atom stereocenters. The number of fused-ring (bicyclic) bond motifs is 1. The lowest BCUT2D eigenvalue weighted by atomic mass is 9.96. The normalized spacial score (nSPS) is 13.9. The van der Waals surface area contributed by atoms with E-state index >= 15 is 0 Å². The van der Waals surface area contributed by atoms with Crippen molar-refractivity contribution in [1.82, 2.24) is 0 Å². The highest BCUT2D eigenvalue weighted by molar-refractivity contribution is 7.16. The molecule has 27 heavy (non-hydrogen) atoms. The third-order valence-corrected chi connectivity index (χ3v) is 5.76. The Kier molecular flexibility index (Phi) is 5.77. The fraction of sp³-hybridized carbons (Fsp3) is 0.350. The summed E-state index contributed by atoms with van der Waals surface area (Å²) in [5.74, 6) is -1.03. The van der Waals surface area contributed by atoms with Gasteiger partial charge in [-0.25, -0.2) is 4.79 Å². The minimum absolute atomic E-state index is 0.297. The van der Waals surface area contributed by atoms with E-state index in [-0.39, 0.29) is 0 Å². The molecule has 3 N–H and O–H groups in total. The SMILES string of the molecule is CCC(OC(=O)c1cccc(N)c1)C(=O)Nc1sc2c(c1C#N)CCCC2. The largest absolute Gasteiger partial charge is 0.449 e. The van der Waals surface area contributed by atoms with E-state index in [0.29, 0.717) is 28.2 Å². The highest BCUT2D eigenvalue weighted by Gasteiger charge is 2.26. The van der Waals surface area contributed by atoms with Gasteiger partial charge < -0.3 is 15.8 Å². The van der Waals surface area contributed by atoms with Gasteiger partial charge in [-0.05, 0) is 55.9 Å². The highest BCUT2D eigenvalue weighted by Crippen LogP contribution is 2.37. The zero-order valence-corrected chi connectivity index (χ0v) is 15.9. The lowest BCUT2D eigenvalue weighted by Crippen LogP contribution is -2.32. The number of nitrogens with zero attached hydrogens (tertiary/aromatic N) is 1.